The van der Waals surface area contributed by atoms with E-state index in [9.17, 15) is 35.4 Å². The third-order valence-corrected chi connectivity index (χ3v) is 4.70. The van der Waals surface area contributed by atoms with E-state index in [1.807, 2.05) is 0 Å². The van der Waals surface area contributed by atoms with Gasteiger partial charge in [-0.05, 0) is 6.42 Å². The first kappa shape index (κ1) is 23.3. The summed E-state index contributed by atoms with van der Waals surface area (Å²) in [6, 6.07) is 0. The first-order valence-electron chi connectivity index (χ1n) is 8.98. The maximum Gasteiger partial charge on any atom is 0.305 e. The van der Waals surface area contributed by atoms with E-state index in [-0.39, 0.29) is 13.0 Å². The van der Waals surface area contributed by atoms with E-state index in [0.717, 1.165) is 0 Å². The molecule has 0 amide bonds. The van der Waals surface area contributed by atoms with Gasteiger partial charge in [0.15, 0.2) is 6.29 Å². The number of carbonyl (C=O) groups is 1. The summed E-state index contributed by atoms with van der Waals surface area (Å²) in [7, 11) is 0. The van der Waals surface area contributed by atoms with Crippen molar-refractivity contribution in [3.63, 3.8) is 0 Å². The van der Waals surface area contributed by atoms with E-state index in [0.29, 0.717) is 6.42 Å². The van der Waals surface area contributed by atoms with Gasteiger partial charge in [0.2, 0.25) is 5.79 Å². The van der Waals surface area contributed by atoms with Crippen molar-refractivity contribution < 1.29 is 59.5 Å². The van der Waals surface area contributed by atoms with Crippen LogP contribution in [0.1, 0.15) is 19.8 Å². The summed E-state index contributed by atoms with van der Waals surface area (Å²) in [5.74, 6) is -2.89. The normalized spacial score (nSPS) is 43.9. The molecular weight excluding hydrogens is 384 g/mol. The number of rotatable bonds is 8. The number of aliphatic hydroxyl groups excluding tert-OH is 6. The van der Waals surface area contributed by atoms with E-state index in [4.69, 9.17) is 24.1 Å². The predicted molar refractivity (Wildman–Crippen MR) is 87.4 cm³/mol. The van der Waals surface area contributed by atoms with Crippen LogP contribution in [0.25, 0.3) is 0 Å². The first-order chi connectivity index (χ1) is 13.1. The number of hydrogen-bond acceptors (Lipinski definition) is 12. The summed E-state index contributed by atoms with van der Waals surface area (Å²) in [6.45, 7) is -0.0610. The molecule has 0 aliphatic carbocycles. The predicted octanol–water partition coefficient (Wildman–Crippen LogP) is -4.04. The molecule has 28 heavy (non-hydrogen) atoms. The summed E-state index contributed by atoms with van der Waals surface area (Å²) in [5, 5.41) is 68.5. The number of aliphatic hydroxyl groups is 7. The Balaban J connectivity index is 1.93. The Kier molecular flexibility index (Phi) is 8.10. The zero-order chi connectivity index (χ0) is 21.1. The Morgan fingerprint density at radius 1 is 1.00 bits per heavy atom. The van der Waals surface area contributed by atoms with Crippen LogP contribution in [0.5, 0.6) is 0 Å². The fourth-order valence-electron chi connectivity index (χ4n) is 2.97. The van der Waals surface area contributed by atoms with Crippen molar-refractivity contribution in [3.8, 4) is 0 Å². The zero-order valence-corrected chi connectivity index (χ0v) is 15.3. The monoisotopic (exact) mass is 412 g/mol. The maximum absolute atomic E-state index is 11.5. The highest BCUT2D eigenvalue weighted by molar-refractivity contribution is 5.69. The molecule has 0 spiro atoms. The lowest BCUT2D eigenvalue weighted by Gasteiger charge is -2.40. The van der Waals surface area contributed by atoms with Gasteiger partial charge in [0.25, 0.3) is 0 Å². The van der Waals surface area contributed by atoms with Gasteiger partial charge in [0.1, 0.15) is 49.3 Å². The zero-order valence-electron chi connectivity index (χ0n) is 15.3. The van der Waals surface area contributed by atoms with Gasteiger partial charge >= 0.3 is 5.97 Å². The minimum atomic E-state index is -2.37. The third-order valence-electron chi connectivity index (χ3n) is 4.70. The van der Waals surface area contributed by atoms with Crippen LogP contribution in [0.15, 0.2) is 0 Å². The lowest BCUT2D eigenvalue weighted by Crippen LogP contribution is -2.59. The second kappa shape index (κ2) is 9.71. The highest BCUT2D eigenvalue weighted by Crippen LogP contribution is 2.30. The number of carbonyl (C=O) groups excluding carboxylic acids is 1. The van der Waals surface area contributed by atoms with Crippen LogP contribution in [0.3, 0.4) is 0 Å². The molecule has 2 heterocycles. The van der Waals surface area contributed by atoms with E-state index >= 15 is 0 Å². The second-order valence-corrected chi connectivity index (χ2v) is 6.88. The van der Waals surface area contributed by atoms with E-state index < -0.39 is 74.0 Å². The van der Waals surface area contributed by atoms with Crippen molar-refractivity contribution in [2.24, 2.45) is 0 Å². The average Bonchev–Trinajstić information content (AvgIpc) is 2.89. The minimum absolute atomic E-state index is 0.168. The minimum Gasteiger partial charge on any atom is -0.463 e. The Morgan fingerprint density at radius 3 is 2.25 bits per heavy atom. The molecule has 0 aromatic carbocycles. The lowest BCUT2D eigenvalue weighted by molar-refractivity contribution is -0.311. The molecule has 7 N–H and O–H groups in total. The fraction of sp³-hybridized carbons (Fsp3) is 0.938. The molecule has 0 saturated carbocycles. The van der Waals surface area contributed by atoms with Crippen molar-refractivity contribution in [2.75, 3.05) is 19.8 Å². The highest BCUT2D eigenvalue weighted by Gasteiger charge is 2.54. The van der Waals surface area contributed by atoms with Crippen LogP contribution in [0, 0.1) is 0 Å². The van der Waals surface area contributed by atoms with Gasteiger partial charge in [-0.2, -0.15) is 0 Å². The summed E-state index contributed by atoms with van der Waals surface area (Å²) >= 11 is 0. The van der Waals surface area contributed by atoms with Gasteiger partial charge in [-0.15, -0.1) is 0 Å². The molecule has 2 fully saturated rings. The van der Waals surface area contributed by atoms with Crippen LogP contribution >= 0.6 is 0 Å². The smallest absolute Gasteiger partial charge is 0.305 e. The number of esters is 1. The highest BCUT2D eigenvalue weighted by atomic mass is 16.7. The number of hydrogen-bond donors (Lipinski definition) is 7. The van der Waals surface area contributed by atoms with Gasteiger partial charge in [0.05, 0.1) is 13.2 Å². The van der Waals surface area contributed by atoms with Gasteiger partial charge in [-0.25, -0.2) is 0 Å². The molecule has 0 aromatic rings. The van der Waals surface area contributed by atoms with Crippen LogP contribution in [0.2, 0.25) is 0 Å². The fourth-order valence-corrected chi connectivity index (χ4v) is 2.97. The quantitative estimate of drug-likeness (QED) is 0.191. The number of ether oxygens (including phenoxy) is 4. The third kappa shape index (κ3) is 4.97. The van der Waals surface area contributed by atoms with Crippen LogP contribution in [-0.4, -0.2) is 116 Å². The SMILES string of the molecule is CCCC(=O)OC[C@H]1O[C@H](OC[C@H]2OC(O)(CO)[C@@H](O)[C@@H]2O)[C@H](O)[C@@H](O)[C@@H]1O. The van der Waals surface area contributed by atoms with Crippen LogP contribution in [-0.2, 0) is 23.7 Å². The maximum atomic E-state index is 11.5. The van der Waals surface area contributed by atoms with Crippen molar-refractivity contribution in [3.05, 3.63) is 0 Å². The van der Waals surface area contributed by atoms with Gasteiger partial charge in [-0.1, -0.05) is 6.92 Å². The molecule has 2 saturated heterocycles. The summed E-state index contributed by atoms with van der Waals surface area (Å²) in [5.41, 5.74) is 0. The molecule has 2 aliphatic heterocycles. The van der Waals surface area contributed by atoms with E-state index in [2.05, 4.69) is 0 Å². The summed E-state index contributed by atoms with van der Waals surface area (Å²) in [6.07, 6.45) is -11.5. The molecule has 0 radical (unpaired) electrons. The van der Waals surface area contributed by atoms with Gasteiger partial charge < -0.3 is 54.7 Å². The Hall–Kier alpha value is -0.930. The molecule has 12 heteroatoms. The van der Waals surface area contributed by atoms with Crippen molar-refractivity contribution in [1.82, 2.24) is 0 Å². The average molecular weight is 412 g/mol. The van der Waals surface area contributed by atoms with E-state index in [1.165, 1.54) is 0 Å². The van der Waals surface area contributed by atoms with Crippen LogP contribution in [0.4, 0.5) is 0 Å². The molecule has 12 nitrogen and oxygen atoms in total. The van der Waals surface area contributed by atoms with E-state index in [1.54, 1.807) is 6.92 Å². The molecular formula is C16H28O12. The first-order valence-corrected chi connectivity index (χ1v) is 8.98. The van der Waals surface area contributed by atoms with Crippen molar-refractivity contribution in [1.29, 1.82) is 0 Å². The second-order valence-electron chi connectivity index (χ2n) is 6.88. The van der Waals surface area contributed by atoms with Gasteiger partial charge in [-0.3, -0.25) is 4.79 Å². The van der Waals surface area contributed by atoms with Crippen molar-refractivity contribution >= 4 is 5.97 Å². The Morgan fingerprint density at radius 2 is 1.68 bits per heavy atom. The Bertz CT molecular complexity index is 518. The standard InChI is InChI=1S/C16H28O12/c1-2-3-9(18)25-4-7-10(19)12(21)13(22)15(27-7)26-5-8-11(20)14(23)16(24,6-17)28-8/h7-8,10-15,17,19-24H,2-6H2,1H3/t7-,8-,10-,11-,12+,13-,14+,15+,16?/m1/s1. The summed E-state index contributed by atoms with van der Waals surface area (Å²) < 4.78 is 20.5. The molecule has 2 aliphatic rings. The Labute approximate surface area is 160 Å². The van der Waals surface area contributed by atoms with Gasteiger partial charge in [0, 0.05) is 6.42 Å². The molecule has 0 aromatic heterocycles. The molecule has 2 rings (SSSR count). The molecule has 1 unspecified atom stereocenters. The van der Waals surface area contributed by atoms with Crippen LogP contribution < -0.4 is 0 Å². The topological polar surface area (TPSA) is 196 Å². The lowest BCUT2D eigenvalue weighted by atomic mass is 9.99. The molecule has 0 bridgehead atoms. The van der Waals surface area contributed by atoms with Crippen molar-refractivity contribution in [2.45, 2.75) is 74.6 Å². The molecule has 9 atom stereocenters. The largest absolute Gasteiger partial charge is 0.463 e. The molecule has 164 valence electrons. The summed E-state index contributed by atoms with van der Waals surface area (Å²) in [4.78, 5) is 11.5.